The van der Waals surface area contributed by atoms with Crippen molar-refractivity contribution in [3.05, 3.63) is 66.1 Å². The average molecular weight is 269 g/mol. The molecule has 1 N–H and O–H groups in total. The van der Waals surface area contributed by atoms with E-state index in [2.05, 4.69) is 10.3 Å². The molecule has 0 atom stereocenters. The Hall–Kier alpha value is -2.53. The number of hydrogen-bond donors (Lipinski definition) is 1. The van der Waals surface area contributed by atoms with Gasteiger partial charge in [-0.3, -0.25) is 0 Å². The SMILES string of the molecule is OCc1nnn(-c2ccccc2)c1-c1ccc(F)cc1. The summed E-state index contributed by atoms with van der Waals surface area (Å²) < 4.78 is 14.7. The third-order valence-electron chi connectivity index (χ3n) is 3.01. The number of hydrogen-bond acceptors (Lipinski definition) is 3. The number of aliphatic hydroxyl groups is 1. The topological polar surface area (TPSA) is 50.9 Å². The molecule has 0 saturated heterocycles. The van der Waals surface area contributed by atoms with E-state index >= 15 is 0 Å². The van der Waals surface area contributed by atoms with E-state index in [1.807, 2.05) is 30.3 Å². The summed E-state index contributed by atoms with van der Waals surface area (Å²) in [4.78, 5) is 0. The van der Waals surface area contributed by atoms with Crippen LogP contribution in [0.25, 0.3) is 16.9 Å². The van der Waals surface area contributed by atoms with Gasteiger partial charge in [-0.1, -0.05) is 23.4 Å². The van der Waals surface area contributed by atoms with Crippen molar-refractivity contribution in [1.29, 1.82) is 0 Å². The maximum Gasteiger partial charge on any atom is 0.123 e. The molecular formula is C15H12FN3O. The van der Waals surface area contributed by atoms with Gasteiger partial charge in [-0.15, -0.1) is 5.10 Å². The number of para-hydroxylation sites is 1. The van der Waals surface area contributed by atoms with Crippen molar-refractivity contribution in [2.75, 3.05) is 0 Å². The van der Waals surface area contributed by atoms with Crippen molar-refractivity contribution in [3.8, 4) is 16.9 Å². The molecule has 0 aliphatic heterocycles. The van der Waals surface area contributed by atoms with Crippen LogP contribution in [0.5, 0.6) is 0 Å². The zero-order valence-corrected chi connectivity index (χ0v) is 10.6. The van der Waals surface area contributed by atoms with Crippen LogP contribution >= 0.6 is 0 Å². The van der Waals surface area contributed by atoms with Gasteiger partial charge in [0.05, 0.1) is 12.3 Å². The highest BCUT2D eigenvalue weighted by Gasteiger charge is 2.15. The summed E-state index contributed by atoms with van der Waals surface area (Å²) >= 11 is 0. The maximum atomic E-state index is 13.0. The fourth-order valence-electron chi connectivity index (χ4n) is 2.07. The molecule has 2 aromatic carbocycles. The van der Waals surface area contributed by atoms with Crippen LogP contribution in [0.15, 0.2) is 54.6 Å². The maximum absolute atomic E-state index is 13.0. The van der Waals surface area contributed by atoms with Crippen LogP contribution < -0.4 is 0 Å². The van der Waals surface area contributed by atoms with E-state index in [4.69, 9.17) is 0 Å². The molecule has 0 bridgehead atoms. The molecule has 0 fully saturated rings. The van der Waals surface area contributed by atoms with E-state index in [0.29, 0.717) is 11.4 Å². The van der Waals surface area contributed by atoms with Crippen LogP contribution in [0.1, 0.15) is 5.69 Å². The minimum absolute atomic E-state index is 0.223. The predicted octanol–water partition coefficient (Wildman–Crippen LogP) is 2.57. The van der Waals surface area contributed by atoms with Crippen molar-refractivity contribution < 1.29 is 9.50 Å². The molecule has 1 aromatic heterocycles. The molecule has 3 rings (SSSR count). The summed E-state index contributed by atoms with van der Waals surface area (Å²) in [7, 11) is 0. The molecule has 3 aromatic rings. The molecule has 20 heavy (non-hydrogen) atoms. The zero-order valence-electron chi connectivity index (χ0n) is 10.6. The highest BCUT2D eigenvalue weighted by Crippen LogP contribution is 2.25. The van der Waals surface area contributed by atoms with Crippen molar-refractivity contribution >= 4 is 0 Å². The Bertz CT molecular complexity index is 708. The Morgan fingerprint density at radius 2 is 1.70 bits per heavy atom. The normalized spacial score (nSPS) is 10.7. The largest absolute Gasteiger partial charge is 0.390 e. The molecule has 100 valence electrons. The molecule has 0 amide bonds. The molecular weight excluding hydrogens is 257 g/mol. The number of aromatic nitrogens is 3. The summed E-state index contributed by atoms with van der Waals surface area (Å²) in [5.41, 5.74) is 2.71. The molecule has 0 aliphatic rings. The molecule has 4 nitrogen and oxygen atoms in total. The minimum atomic E-state index is -0.307. The predicted molar refractivity (Wildman–Crippen MR) is 72.7 cm³/mol. The standard InChI is InChI=1S/C15H12FN3O/c16-12-8-6-11(7-9-12)15-14(10-20)17-18-19(15)13-4-2-1-3-5-13/h1-9,20H,10H2. The van der Waals surface area contributed by atoms with Gasteiger partial charge in [0, 0.05) is 5.56 Å². The lowest BCUT2D eigenvalue weighted by Crippen LogP contribution is -2.00. The Kier molecular flexibility index (Phi) is 3.26. The van der Waals surface area contributed by atoms with Crippen LogP contribution in [-0.2, 0) is 6.61 Å². The van der Waals surface area contributed by atoms with E-state index < -0.39 is 0 Å². The van der Waals surface area contributed by atoms with Gasteiger partial charge in [0.25, 0.3) is 0 Å². The first-order valence-corrected chi connectivity index (χ1v) is 6.16. The highest BCUT2D eigenvalue weighted by atomic mass is 19.1. The lowest BCUT2D eigenvalue weighted by atomic mass is 10.1. The van der Waals surface area contributed by atoms with Crippen LogP contribution in [0.3, 0.4) is 0 Å². The molecule has 5 heteroatoms. The third-order valence-corrected chi connectivity index (χ3v) is 3.01. The lowest BCUT2D eigenvalue weighted by molar-refractivity contribution is 0.277. The van der Waals surface area contributed by atoms with Crippen molar-refractivity contribution in [1.82, 2.24) is 15.0 Å². The summed E-state index contributed by atoms with van der Waals surface area (Å²) in [5, 5.41) is 17.5. The number of rotatable bonds is 3. The third kappa shape index (κ3) is 2.19. The first-order chi connectivity index (χ1) is 9.79. The van der Waals surface area contributed by atoms with E-state index in [9.17, 15) is 9.50 Å². The van der Waals surface area contributed by atoms with Gasteiger partial charge in [0.15, 0.2) is 0 Å². The minimum Gasteiger partial charge on any atom is -0.390 e. The van der Waals surface area contributed by atoms with Gasteiger partial charge in [0.1, 0.15) is 17.2 Å². The Morgan fingerprint density at radius 1 is 1.00 bits per heavy atom. The summed E-state index contributed by atoms with van der Waals surface area (Å²) in [6.45, 7) is -0.223. The quantitative estimate of drug-likeness (QED) is 0.795. The van der Waals surface area contributed by atoms with Crippen molar-refractivity contribution in [3.63, 3.8) is 0 Å². The molecule has 0 unspecified atom stereocenters. The van der Waals surface area contributed by atoms with Crippen LogP contribution in [0.2, 0.25) is 0 Å². The van der Waals surface area contributed by atoms with E-state index in [-0.39, 0.29) is 12.4 Å². The fourth-order valence-corrected chi connectivity index (χ4v) is 2.07. The number of aliphatic hydroxyl groups excluding tert-OH is 1. The zero-order chi connectivity index (χ0) is 13.9. The molecule has 0 saturated carbocycles. The molecule has 1 heterocycles. The Labute approximate surface area is 115 Å². The molecule has 0 radical (unpaired) electrons. The van der Waals surface area contributed by atoms with E-state index in [0.717, 1.165) is 11.3 Å². The summed E-state index contributed by atoms with van der Waals surface area (Å²) in [6, 6.07) is 15.5. The monoisotopic (exact) mass is 269 g/mol. The van der Waals surface area contributed by atoms with Crippen molar-refractivity contribution in [2.24, 2.45) is 0 Å². The average Bonchev–Trinajstić information content (AvgIpc) is 2.93. The number of nitrogens with zero attached hydrogens (tertiary/aromatic N) is 3. The smallest absolute Gasteiger partial charge is 0.123 e. The Morgan fingerprint density at radius 3 is 2.35 bits per heavy atom. The van der Waals surface area contributed by atoms with Gasteiger partial charge in [-0.2, -0.15) is 0 Å². The molecule has 0 spiro atoms. The van der Waals surface area contributed by atoms with Gasteiger partial charge in [-0.05, 0) is 36.4 Å². The highest BCUT2D eigenvalue weighted by molar-refractivity contribution is 5.64. The number of benzene rings is 2. The van der Waals surface area contributed by atoms with Gasteiger partial charge >= 0.3 is 0 Å². The number of halogens is 1. The lowest BCUT2D eigenvalue weighted by Gasteiger charge is -2.07. The summed E-state index contributed by atoms with van der Waals surface area (Å²) in [5.74, 6) is -0.307. The second kappa shape index (κ2) is 5.22. The van der Waals surface area contributed by atoms with E-state index in [1.165, 1.54) is 12.1 Å². The van der Waals surface area contributed by atoms with Gasteiger partial charge < -0.3 is 5.11 Å². The van der Waals surface area contributed by atoms with Crippen LogP contribution in [0.4, 0.5) is 4.39 Å². The molecule has 0 aliphatic carbocycles. The van der Waals surface area contributed by atoms with Gasteiger partial charge in [-0.25, -0.2) is 9.07 Å². The van der Waals surface area contributed by atoms with E-state index in [1.54, 1.807) is 16.8 Å². The summed E-state index contributed by atoms with van der Waals surface area (Å²) in [6.07, 6.45) is 0. The first-order valence-electron chi connectivity index (χ1n) is 6.16. The van der Waals surface area contributed by atoms with Crippen LogP contribution in [0, 0.1) is 5.82 Å². The fraction of sp³-hybridized carbons (Fsp3) is 0.0667. The first kappa shape index (κ1) is 12.5. The second-order valence-corrected chi connectivity index (χ2v) is 4.30. The van der Waals surface area contributed by atoms with Crippen LogP contribution in [-0.4, -0.2) is 20.1 Å². The van der Waals surface area contributed by atoms with Gasteiger partial charge in [0.2, 0.25) is 0 Å². The Balaban J connectivity index is 2.18. The second-order valence-electron chi connectivity index (χ2n) is 4.30. The van der Waals surface area contributed by atoms with Crippen molar-refractivity contribution in [2.45, 2.75) is 6.61 Å².